The Morgan fingerprint density at radius 2 is 1.94 bits per heavy atom. The van der Waals surface area contributed by atoms with E-state index >= 15 is 0 Å². The van der Waals surface area contributed by atoms with E-state index in [2.05, 4.69) is 25.8 Å². The molecule has 2 aromatic heterocycles. The third-order valence-corrected chi connectivity index (χ3v) is 5.50. The van der Waals surface area contributed by atoms with Crippen LogP contribution in [-0.4, -0.2) is 37.7 Å². The minimum atomic E-state index is -4.54. The van der Waals surface area contributed by atoms with E-state index in [0.29, 0.717) is 0 Å². The van der Waals surface area contributed by atoms with Crippen LogP contribution < -0.4 is 10.6 Å². The summed E-state index contributed by atoms with van der Waals surface area (Å²) in [6, 6.07) is 4.31. The number of rotatable bonds is 6. The first kappa shape index (κ1) is 23.6. The van der Waals surface area contributed by atoms with Crippen molar-refractivity contribution in [1.82, 2.24) is 19.7 Å². The van der Waals surface area contributed by atoms with E-state index in [0.717, 1.165) is 42.8 Å². The van der Waals surface area contributed by atoms with Crippen molar-refractivity contribution in [3.63, 3.8) is 0 Å². The number of amides is 2. The first-order valence-electron chi connectivity index (χ1n) is 10.1. The number of hydrogen-bond donors (Lipinski definition) is 2. The van der Waals surface area contributed by atoms with Crippen molar-refractivity contribution in [3.8, 4) is 11.5 Å². The molecule has 0 bridgehead atoms. The number of carbonyl (C=O) groups excluding carboxylic acids is 2. The summed E-state index contributed by atoms with van der Waals surface area (Å²) < 4.78 is 54.7. The number of alkyl halides is 3. The van der Waals surface area contributed by atoms with Gasteiger partial charge in [-0.05, 0) is 44.0 Å². The standard InChI is InChI=1S/C21H17ClF4N6O2/c1-10(21(24,25)26)32-9-27-31-18(32)15-3-2-4-17(28-15)30-20(34)12-7-16(13(22)8-14(12)23)29-19(33)11-5-6-11/h2-4,7-11H,5-6H2,1H3,(H,29,33)(H,28,30,34)/t10-/m0/s1. The van der Waals surface area contributed by atoms with E-state index in [1.165, 1.54) is 18.2 Å². The predicted molar refractivity (Wildman–Crippen MR) is 115 cm³/mol. The van der Waals surface area contributed by atoms with Gasteiger partial charge in [-0.2, -0.15) is 13.2 Å². The number of carbonyl (C=O) groups is 2. The number of nitrogens with zero attached hydrogens (tertiary/aromatic N) is 4. The van der Waals surface area contributed by atoms with Gasteiger partial charge in [-0.25, -0.2) is 9.37 Å². The normalized spacial score (nSPS) is 14.5. The molecule has 1 aliphatic carbocycles. The van der Waals surface area contributed by atoms with Crippen molar-refractivity contribution in [1.29, 1.82) is 0 Å². The van der Waals surface area contributed by atoms with Crippen LogP contribution in [-0.2, 0) is 4.79 Å². The molecule has 34 heavy (non-hydrogen) atoms. The topological polar surface area (TPSA) is 102 Å². The van der Waals surface area contributed by atoms with E-state index in [-0.39, 0.29) is 39.9 Å². The van der Waals surface area contributed by atoms with Gasteiger partial charge >= 0.3 is 6.18 Å². The van der Waals surface area contributed by atoms with E-state index in [1.54, 1.807) is 0 Å². The second kappa shape index (κ2) is 9.01. The fraction of sp³-hybridized carbons (Fsp3) is 0.286. The molecule has 0 unspecified atom stereocenters. The van der Waals surface area contributed by atoms with Crippen molar-refractivity contribution in [3.05, 3.63) is 53.1 Å². The number of hydrogen-bond acceptors (Lipinski definition) is 5. The van der Waals surface area contributed by atoms with Gasteiger partial charge in [-0.3, -0.25) is 9.59 Å². The molecule has 2 heterocycles. The first-order valence-corrected chi connectivity index (χ1v) is 10.5. The summed E-state index contributed by atoms with van der Waals surface area (Å²) in [5.74, 6) is -2.45. The van der Waals surface area contributed by atoms with Gasteiger partial charge in [-0.1, -0.05) is 17.7 Å². The van der Waals surface area contributed by atoms with Gasteiger partial charge in [0.2, 0.25) is 5.91 Å². The number of aromatic nitrogens is 4. The van der Waals surface area contributed by atoms with Gasteiger partial charge in [0.1, 0.15) is 29.7 Å². The second-order valence-electron chi connectivity index (χ2n) is 7.72. The lowest BCUT2D eigenvalue weighted by Crippen LogP contribution is -2.24. The maximum atomic E-state index is 14.4. The van der Waals surface area contributed by atoms with Crippen molar-refractivity contribution < 1.29 is 27.2 Å². The molecule has 0 saturated heterocycles. The smallest absolute Gasteiger partial charge is 0.325 e. The predicted octanol–water partition coefficient (Wildman–Crippen LogP) is 4.86. The largest absolute Gasteiger partial charge is 0.408 e. The Bertz CT molecular complexity index is 1260. The molecule has 0 radical (unpaired) electrons. The number of halogens is 5. The average molecular weight is 497 g/mol. The van der Waals surface area contributed by atoms with E-state index in [1.807, 2.05) is 0 Å². The Labute approximate surface area is 195 Å². The highest BCUT2D eigenvalue weighted by Crippen LogP contribution is 2.34. The molecule has 4 rings (SSSR count). The number of pyridine rings is 1. The Morgan fingerprint density at radius 3 is 2.62 bits per heavy atom. The summed E-state index contributed by atoms with van der Waals surface area (Å²) in [5.41, 5.74) is -0.307. The van der Waals surface area contributed by atoms with Crippen LogP contribution in [0.25, 0.3) is 11.5 Å². The Hall–Kier alpha value is -3.54. The lowest BCUT2D eigenvalue weighted by molar-refractivity contribution is -0.162. The third-order valence-electron chi connectivity index (χ3n) is 5.19. The molecule has 1 saturated carbocycles. The van der Waals surface area contributed by atoms with Crippen LogP contribution >= 0.6 is 11.6 Å². The van der Waals surface area contributed by atoms with Gasteiger partial charge < -0.3 is 15.2 Å². The molecule has 8 nitrogen and oxygen atoms in total. The van der Waals surface area contributed by atoms with Crippen LogP contribution in [0.5, 0.6) is 0 Å². The quantitative estimate of drug-likeness (QED) is 0.475. The fourth-order valence-corrected chi connectivity index (χ4v) is 3.28. The lowest BCUT2D eigenvalue weighted by Gasteiger charge is -2.18. The molecule has 0 aliphatic heterocycles. The summed E-state index contributed by atoms with van der Waals surface area (Å²) >= 11 is 5.99. The van der Waals surface area contributed by atoms with E-state index < -0.39 is 29.5 Å². The van der Waals surface area contributed by atoms with Gasteiger partial charge in [0.15, 0.2) is 5.82 Å². The second-order valence-corrected chi connectivity index (χ2v) is 8.12. The van der Waals surface area contributed by atoms with Crippen LogP contribution in [0.3, 0.4) is 0 Å². The molecule has 1 fully saturated rings. The average Bonchev–Trinajstić information content (AvgIpc) is 3.51. The summed E-state index contributed by atoms with van der Waals surface area (Å²) in [5, 5.41) is 12.1. The Morgan fingerprint density at radius 1 is 1.21 bits per heavy atom. The highest BCUT2D eigenvalue weighted by molar-refractivity contribution is 6.34. The molecular weight excluding hydrogens is 480 g/mol. The van der Waals surface area contributed by atoms with Gasteiger partial charge in [-0.15, -0.1) is 10.2 Å². The number of benzene rings is 1. The van der Waals surface area contributed by atoms with Crippen LogP contribution in [0.1, 0.15) is 36.2 Å². The molecule has 178 valence electrons. The van der Waals surface area contributed by atoms with Crippen molar-refractivity contribution in [2.45, 2.75) is 32.0 Å². The minimum absolute atomic E-state index is 0.0142. The molecule has 1 atom stereocenters. The summed E-state index contributed by atoms with van der Waals surface area (Å²) in [6.45, 7) is 0.946. The lowest BCUT2D eigenvalue weighted by atomic mass is 10.1. The molecule has 2 N–H and O–H groups in total. The molecule has 2 amide bonds. The molecule has 3 aromatic rings. The maximum Gasteiger partial charge on any atom is 0.408 e. The van der Waals surface area contributed by atoms with Crippen molar-refractivity contribution in [2.75, 3.05) is 10.6 Å². The minimum Gasteiger partial charge on any atom is -0.325 e. The van der Waals surface area contributed by atoms with E-state index in [4.69, 9.17) is 11.6 Å². The summed E-state index contributed by atoms with van der Waals surface area (Å²) in [6.07, 6.45) is -2.12. The molecule has 0 spiro atoms. The monoisotopic (exact) mass is 496 g/mol. The van der Waals surface area contributed by atoms with Gasteiger partial charge in [0, 0.05) is 5.92 Å². The maximum absolute atomic E-state index is 14.4. The van der Waals surface area contributed by atoms with Gasteiger partial charge in [0.25, 0.3) is 5.91 Å². The Kier molecular flexibility index (Phi) is 6.26. The zero-order valence-corrected chi connectivity index (χ0v) is 18.3. The van der Waals surface area contributed by atoms with Crippen LogP contribution in [0.2, 0.25) is 5.02 Å². The molecule has 13 heteroatoms. The van der Waals surface area contributed by atoms with Crippen LogP contribution in [0, 0.1) is 11.7 Å². The van der Waals surface area contributed by atoms with Crippen molar-refractivity contribution in [2.24, 2.45) is 5.92 Å². The molecule has 1 aliphatic rings. The number of nitrogens with one attached hydrogen (secondary N) is 2. The summed E-state index contributed by atoms with van der Waals surface area (Å²) in [7, 11) is 0. The molecule has 1 aromatic carbocycles. The number of anilines is 2. The zero-order valence-electron chi connectivity index (χ0n) is 17.5. The molecular formula is C21H17ClF4N6O2. The highest BCUT2D eigenvalue weighted by atomic mass is 35.5. The zero-order chi connectivity index (χ0) is 24.6. The first-order chi connectivity index (χ1) is 16.0. The van der Waals surface area contributed by atoms with Gasteiger partial charge in [0.05, 0.1) is 16.3 Å². The Balaban J connectivity index is 1.57. The SMILES string of the molecule is C[C@H](n1cnnc1-c1cccc(NC(=O)c2cc(NC(=O)C3CC3)c(Cl)cc2F)n1)C(F)(F)F. The van der Waals surface area contributed by atoms with Crippen LogP contribution in [0.15, 0.2) is 36.7 Å². The van der Waals surface area contributed by atoms with E-state index in [9.17, 15) is 27.2 Å². The third kappa shape index (κ3) is 5.01. The van der Waals surface area contributed by atoms with Crippen molar-refractivity contribution >= 4 is 34.9 Å². The highest BCUT2D eigenvalue weighted by Gasteiger charge is 2.39. The summed E-state index contributed by atoms with van der Waals surface area (Å²) in [4.78, 5) is 28.8. The fourth-order valence-electron chi connectivity index (χ4n) is 3.08. The van der Waals surface area contributed by atoms with Crippen LogP contribution in [0.4, 0.5) is 29.1 Å².